The topological polar surface area (TPSA) is 38.3 Å². The number of carbonyl (C=O) groups excluding carboxylic acids is 1. The molecule has 118 valence electrons. The minimum atomic E-state index is -5.08. The Morgan fingerprint density at radius 3 is 2.24 bits per heavy atom. The monoisotopic (exact) mass is 315 g/mol. The van der Waals surface area contributed by atoms with Gasteiger partial charge < -0.3 is 10.1 Å². The zero-order valence-electron chi connectivity index (χ0n) is 10.7. The minimum Gasteiger partial charge on any atom is -0.375 e. The van der Waals surface area contributed by atoms with E-state index < -0.39 is 42.0 Å². The Bertz CT molecular complexity index is 497. The van der Waals surface area contributed by atoms with E-state index in [-0.39, 0.29) is 0 Å². The number of halogens is 6. The first kappa shape index (κ1) is 17.3. The first-order valence-electron chi connectivity index (χ1n) is 5.58. The van der Waals surface area contributed by atoms with E-state index in [0.29, 0.717) is 12.1 Å². The van der Waals surface area contributed by atoms with Crippen molar-refractivity contribution < 1.29 is 35.9 Å². The first-order valence-corrected chi connectivity index (χ1v) is 5.58. The molecule has 0 spiro atoms. The van der Waals surface area contributed by atoms with Gasteiger partial charge in [-0.25, -0.2) is 0 Å². The predicted octanol–water partition coefficient (Wildman–Crippen LogP) is 3.07. The number of amides is 1. The van der Waals surface area contributed by atoms with E-state index in [4.69, 9.17) is 0 Å². The number of methoxy groups -OCH3 is 1. The van der Waals surface area contributed by atoms with Crippen LogP contribution in [0.1, 0.15) is 17.2 Å². The van der Waals surface area contributed by atoms with Gasteiger partial charge in [-0.1, -0.05) is 18.2 Å². The molecule has 0 saturated carbocycles. The Morgan fingerprint density at radius 1 is 1.19 bits per heavy atom. The van der Waals surface area contributed by atoms with Crippen LogP contribution in [0.5, 0.6) is 0 Å². The number of carbonyl (C=O) groups is 1. The molecule has 9 heteroatoms. The molecule has 0 bridgehead atoms. The van der Waals surface area contributed by atoms with E-state index in [0.717, 1.165) is 19.2 Å². The second-order valence-electron chi connectivity index (χ2n) is 4.06. The molecular weight excluding hydrogens is 304 g/mol. The average Bonchev–Trinajstić information content (AvgIpc) is 2.34. The van der Waals surface area contributed by atoms with Gasteiger partial charge in [-0.2, -0.15) is 26.3 Å². The van der Waals surface area contributed by atoms with Crippen LogP contribution in [0.2, 0.25) is 0 Å². The van der Waals surface area contributed by atoms with Crippen molar-refractivity contribution in [1.82, 2.24) is 5.32 Å². The molecule has 0 aliphatic heterocycles. The average molecular weight is 315 g/mol. The second-order valence-corrected chi connectivity index (χ2v) is 4.06. The van der Waals surface area contributed by atoms with Gasteiger partial charge in [0, 0.05) is 7.11 Å². The van der Waals surface area contributed by atoms with E-state index in [2.05, 4.69) is 4.74 Å². The maximum absolute atomic E-state index is 13.0. The van der Waals surface area contributed by atoms with Crippen molar-refractivity contribution in [2.45, 2.75) is 18.4 Å². The van der Waals surface area contributed by atoms with E-state index in [9.17, 15) is 31.1 Å². The Balaban J connectivity index is 3.25. The Hall–Kier alpha value is -1.77. The molecule has 0 aromatic heterocycles. The van der Waals surface area contributed by atoms with Crippen LogP contribution in [-0.4, -0.2) is 25.8 Å². The van der Waals surface area contributed by atoms with Gasteiger partial charge in [0.1, 0.15) is 6.61 Å². The molecule has 0 fully saturated rings. The molecule has 1 amide bonds. The quantitative estimate of drug-likeness (QED) is 0.867. The van der Waals surface area contributed by atoms with Crippen molar-refractivity contribution in [2.75, 3.05) is 13.7 Å². The third-order valence-corrected chi connectivity index (χ3v) is 2.49. The third-order valence-electron chi connectivity index (χ3n) is 2.49. The lowest BCUT2D eigenvalue weighted by molar-refractivity contribution is -0.168. The van der Waals surface area contributed by atoms with E-state index in [1.54, 1.807) is 0 Å². The van der Waals surface area contributed by atoms with Crippen LogP contribution >= 0.6 is 0 Å². The van der Waals surface area contributed by atoms with Crippen LogP contribution in [0, 0.1) is 0 Å². The van der Waals surface area contributed by atoms with Gasteiger partial charge in [0.2, 0.25) is 5.91 Å². The number of benzene rings is 1. The maximum Gasteiger partial charge on any atom is 0.416 e. The summed E-state index contributed by atoms with van der Waals surface area (Å²) in [4.78, 5) is 11.2. The summed E-state index contributed by atoms with van der Waals surface area (Å²) in [6, 6.07) is 0.436. The first-order chi connectivity index (χ1) is 9.57. The zero-order valence-corrected chi connectivity index (χ0v) is 10.7. The highest BCUT2D eigenvalue weighted by Crippen LogP contribution is 2.40. The molecule has 21 heavy (non-hydrogen) atoms. The summed E-state index contributed by atoms with van der Waals surface area (Å²) in [5.41, 5.74) is -2.52. The summed E-state index contributed by atoms with van der Waals surface area (Å²) in [7, 11) is 1.08. The maximum atomic E-state index is 13.0. The smallest absolute Gasteiger partial charge is 0.375 e. The van der Waals surface area contributed by atoms with Crippen molar-refractivity contribution in [1.29, 1.82) is 0 Å². The number of nitrogens with one attached hydrogen (secondary N) is 1. The third kappa shape index (κ3) is 4.62. The summed E-state index contributed by atoms with van der Waals surface area (Å²) in [5, 5.41) is 1.50. The van der Waals surface area contributed by atoms with Crippen LogP contribution in [0.4, 0.5) is 26.3 Å². The summed E-state index contributed by atoms with van der Waals surface area (Å²) < 4.78 is 81.5. The van der Waals surface area contributed by atoms with Gasteiger partial charge in [-0.05, 0) is 11.6 Å². The van der Waals surface area contributed by atoms with Gasteiger partial charge in [0.25, 0.3) is 0 Å². The highest BCUT2D eigenvalue weighted by molar-refractivity contribution is 5.77. The normalized spacial score (nSPS) is 13.9. The Morgan fingerprint density at radius 2 is 1.76 bits per heavy atom. The van der Waals surface area contributed by atoms with Gasteiger partial charge in [-0.15, -0.1) is 0 Å². The van der Waals surface area contributed by atoms with Crippen molar-refractivity contribution in [3.05, 3.63) is 35.4 Å². The van der Waals surface area contributed by atoms with Gasteiger partial charge in [0.15, 0.2) is 6.04 Å². The molecule has 1 aromatic carbocycles. The SMILES string of the molecule is COCC(=O)N[C@@H](c1ccccc1C(F)(F)F)C(F)(F)F. The van der Waals surface area contributed by atoms with E-state index >= 15 is 0 Å². The molecule has 1 atom stereocenters. The fraction of sp³-hybridized carbons (Fsp3) is 0.417. The van der Waals surface area contributed by atoms with Crippen LogP contribution in [-0.2, 0) is 15.7 Å². The lowest BCUT2D eigenvalue weighted by atomic mass is 9.99. The minimum absolute atomic E-state index is 0.524. The highest BCUT2D eigenvalue weighted by atomic mass is 19.4. The van der Waals surface area contributed by atoms with Crippen molar-refractivity contribution in [3.8, 4) is 0 Å². The van der Waals surface area contributed by atoms with Crippen LogP contribution in [0.25, 0.3) is 0 Å². The summed E-state index contributed by atoms with van der Waals surface area (Å²) >= 11 is 0. The van der Waals surface area contributed by atoms with Crippen molar-refractivity contribution >= 4 is 5.91 Å². The van der Waals surface area contributed by atoms with Gasteiger partial charge in [-0.3, -0.25) is 4.79 Å². The number of hydrogen-bond acceptors (Lipinski definition) is 2. The Kier molecular flexibility index (Phi) is 5.21. The summed E-state index contributed by atoms with van der Waals surface area (Å²) in [5.74, 6) is -1.17. The lowest BCUT2D eigenvalue weighted by Crippen LogP contribution is -2.40. The molecular formula is C12H11F6NO2. The van der Waals surface area contributed by atoms with Crippen LogP contribution in [0.15, 0.2) is 24.3 Å². The largest absolute Gasteiger partial charge is 0.416 e. The molecule has 0 radical (unpaired) electrons. The van der Waals surface area contributed by atoms with Crippen LogP contribution < -0.4 is 5.32 Å². The molecule has 0 heterocycles. The lowest BCUT2D eigenvalue weighted by Gasteiger charge is -2.24. The van der Waals surface area contributed by atoms with Crippen LogP contribution in [0.3, 0.4) is 0 Å². The molecule has 0 saturated heterocycles. The fourth-order valence-corrected chi connectivity index (χ4v) is 1.68. The second kappa shape index (κ2) is 6.33. The molecule has 1 rings (SSSR count). The van der Waals surface area contributed by atoms with E-state index in [1.165, 1.54) is 5.32 Å². The van der Waals surface area contributed by atoms with E-state index in [1.807, 2.05) is 0 Å². The molecule has 1 N–H and O–H groups in total. The zero-order chi connectivity index (χ0) is 16.3. The summed E-state index contributed by atoms with van der Waals surface area (Å²) in [6.07, 6.45) is -10.0. The molecule has 0 unspecified atom stereocenters. The number of rotatable bonds is 4. The predicted molar refractivity (Wildman–Crippen MR) is 60.3 cm³/mol. The van der Waals surface area contributed by atoms with Crippen molar-refractivity contribution in [3.63, 3.8) is 0 Å². The standard InChI is InChI=1S/C12H11F6NO2/c1-21-6-9(20)19-10(12(16,17)18)7-4-2-3-5-8(7)11(13,14)15/h2-5,10H,6H2,1H3,(H,19,20)/t10-/m0/s1. The number of ether oxygens (including phenoxy) is 1. The number of alkyl halides is 6. The Labute approximate surface area is 115 Å². The molecule has 0 aliphatic carbocycles. The van der Waals surface area contributed by atoms with Gasteiger partial charge in [0.05, 0.1) is 5.56 Å². The molecule has 1 aromatic rings. The molecule has 0 aliphatic rings. The molecule has 3 nitrogen and oxygen atoms in total. The summed E-state index contributed by atoms with van der Waals surface area (Å²) in [6.45, 7) is -0.694. The fourth-order valence-electron chi connectivity index (χ4n) is 1.68. The number of hydrogen-bond donors (Lipinski definition) is 1. The highest BCUT2D eigenvalue weighted by Gasteiger charge is 2.46. The van der Waals surface area contributed by atoms with Crippen molar-refractivity contribution in [2.24, 2.45) is 0 Å². The van der Waals surface area contributed by atoms with Gasteiger partial charge >= 0.3 is 12.4 Å².